The summed E-state index contributed by atoms with van der Waals surface area (Å²) in [6, 6.07) is 11.0. The molecule has 16 nitrogen and oxygen atoms in total. The van der Waals surface area contributed by atoms with Gasteiger partial charge in [0, 0.05) is 106 Å². The largest absolute Gasteiger partial charge is 0.494 e. The number of anilines is 6. The van der Waals surface area contributed by atoms with E-state index in [0.717, 1.165) is 66.9 Å². The van der Waals surface area contributed by atoms with Gasteiger partial charge in [-0.05, 0) is 90.0 Å². The van der Waals surface area contributed by atoms with E-state index in [9.17, 15) is 27.2 Å². The molecule has 21 heteroatoms. The van der Waals surface area contributed by atoms with Crippen LogP contribution in [-0.4, -0.2) is 122 Å². The Labute approximate surface area is 400 Å². The summed E-state index contributed by atoms with van der Waals surface area (Å²) in [7, 11) is -2.13. The van der Waals surface area contributed by atoms with Crippen LogP contribution in [0.1, 0.15) is 56.1 Å². The van der Waals surface area contributed by atoms with Crippen LogP contribution in [0.15, 0.2) is 59.3 Å². The second-order valence-corrected chi connectivity index (χ2v) is 20.5. The molecule has 0 unspecified atom stereocenters. The monoisotopic (exact) mass is 1020 g/mol. The highest BCUT2D eigenvalue weighted by atomic mass is 79.9. The lowest BCUT2D eigenvalue weighted by atomic mass is 9.89. The van der Waals surface area contributed by atoms with Gasteiger partial charge in [0.05, 0.1) is 46.6 Å². The fraction of sp³-hybridized carbons (Fsp3) is 0.426. The van der Waals surface area contributed by atoms with Gasteiger partial charge in [0.1, 0.15) is 29.0 Å². The maximum atomic E-state index is 15.3. The number of halogens is 4. The highest BCUT2D eigenvalue weighted by Crippen LogP contribution is 2.39. The Morgan fingerprint density at radius 3 is 2.29 bits per heavy atom. The van der Waals surface area contributed by atoms with Crippen molar-refractivity contribution in [2.75, 3.05) is 86.2 Å². The van der Waals surface area contributed by atoms with Crippen molar-refractivity contribution in [1.29, 1.82) is 0 Å². The number of piperazine rings is 1. The molecule has 4 aliphatic rings. The molecular weight excluding hydrogens is 970 g/mol. The predicted molar refractivity (Wildman–Crippen MR) is 256 cm³/mol. The van der Waals surface area contributed by atoms with Crippen molar-refractivity contribution in [2.45, 2.75) is 57.4 Å². The minimum Gasteiger partial charge on any atom is -0.494 e. The number of carbonyl (C=O) groups is 3. The van der Waals surface area contributed by atoms with Crippen LogP contribution in [0.2, 0.25) is 0 Å². The SMILES string of the molecule is CCc1cc(Nc2ncc(Br)c(Nc3ccc(F)c4ccn(S(C)(=O)=O)c34)n2)c(OC)cc1N1CCC(N2CCN(C(=O)[C@@H]3CCN(c4cc(F)c([C@H]5CCC(=O)NC5=O)c(F)c4)C3)CC2)CC1. The molecule has 4 aliphatic heterocycles. The lowest BCUT2D eigenvalue weighted by molar-refractivity contribution is -0.137. The molecule has 3 aromatic carbocycles. The van der Waals surface area contributed by atoms with Gasteiger partial charge >= 0.3 is 0 Å². The summed E-state index contributed by atoms with van der Waals surface area (Å²) in [6.07, 6.45) is 7.21. The van der Waals surface area contributed by atoms with Gasteiger partial charge in [-0.15, -0.1) is 0 Å². The summed E-state index contributed by atoms with van der Waals surface area (Å²) >= 11 is 3.48. The van der Waals surface area contributed by atoms with E-state index in [0.29, 0.717) is 71.7 Å². The summed E-state index contributed by atoms with van der Waals surface area (Å²) in [5.74, 6) is -3.51. The number of nitrogens with one attached hydrogen (secondary N) is 3. The van der Waals surface area contributed by atoms with Crippen LogP contribution in [0, 0.1) is 23.4 Å². The van der Waals surface area contributed by atoms with Gasteiger partial charge in [-0.1, -0.05) is 6.92 Å². The average molecular weight is 1020 g/mol. The van der Waals surface area contributed by atoms with Crippen molar-refractivity contribution in [3.05, 3.63) is 87.9 Å². The molecule has 0 radical (unpaired) electrons. The number of aryl methyl sites for hydroxylation is 1. The van der Waals surface area contributed by atoms with E-state index < -0.39 is 45.2 Å². The normalized spacial score (nSPS) is 19.7. The lowest BCUT2D eigenvalue weighted by Gasteiger charge is -2.44. The number of benzene rings is 3. The number of rotatable bonds is 12. The molecule has 5 aromatic rings. The van der Waals surface area contributed by atoms with Crippen LogP contribution in [-0.2, 0) is 30.8 Å². The number of hydrogen-bond acceptors (Lipinski definition) is 13. The molecule has 4 saturated heterocycles. The smallest absolute Gasteiger partial charge is 0.236 e. The van der Waals surface area contributed by atoms with Crippen molar-refractivity contribution >= 4 is 89.1 Å². The van der Waals surface area contributed by atoms with Crippen LogP contribution >= 0.6 is 15.9 Å². The summed E-state index contributed by atoms with van der Waals surface area (Å²) < 4.78 is 77.8. The van der Waals surface area contributed by atoms with Crippen molar-refractivity contribution in [1.82, 2.24) is 29.1 Å². The van der Waals surface area contributed by atoms with E-state index in [1.165, 1.54) is 36.5 Å². The van der Waals surface area contributed by atoms with E-state index in [2.05, 4.69) is 58.6 Å². The van der Waals surface area contributed by atoms with Crippen molar-refractivity contribution < 1.29 is 40.7 Å². The number of aromatic nitrogens is 3. The number of nitrogens with zero attached hydrogens (tertiary/aromatic N) is 7. The van der Waals surface area contributed by atoms with Gasteiger partial charge in [-0.3, -0.25) is 24.6 Å². The standard InChI is InChI=1S/C47H52BrF3N10O6S/c1-4-27-21-38(54-47-52-25-33(48)44(56-47)53-37-7-6-34(49)31-12-16-61(43(31)37)68(3,65)66)40(67-2)24-39(27)58-14-10-29(11-15-58)57-17-19-59(20-18-57)46(64)28-9-13-60(26-28)30-22-35(50)42(36(51)23-30)32-5-8-41(62)55-45(32)63/h6-7,12,16,21-25,28-29,32H,4-5,8-11,13-15,17-20,26H2,1-3H3,(H,55,62,63)(H2,52,53,54,56)/t28-,32-/m1/s1. The minimum absolute atomic E-state index is 0.0172. The van der Waals surface area contributed by atoms with Gasteiger partial charge in [0.25, 0.3) is 0 Å². The number of amides is 3. The van der Waals surface area contributed by atoms with Crippen LogP contribution < -0.4 is 30.5 Å². The fourth-order valence-electron chi connectivity index (χ4n) is 10.1. The Bertz CT molecular complexity index is 2880. The molecule has 2 aromatic heterocycles. The maximum absolute atomic E-state index is 15.3. The Morgan fingerprint density at radius 2 is 1.62 bits per heavy atom. The molecule has 68 heavy (non-hydrogen) atoms. The second kappa shape index (κ2) is 19.2. The molecule has 360 valence electrons. The minimum atomic E-state index is -3.74. The molecule has 0 spiro atoms. The second-order valence-electron chi connectivity index (χ2n) is 17.7. The summed E-state index contributed by atoms with van der Waals surface area (Å²) in [6.45, 7) is 7.34. The topological polar surface area (TPSA) is 174 Å². The summed E-state index contributed by atoms with van der Waals surface area (Å²) in [5.41, 5.74) is 3.34. The zero-order valence-corrected chi connectivity index (χ0v) is 40.2. The average Bonchev–Trinajstić information content (AvgIpc) is 4.02. The zero-order chi connectivity index (χ0) is 48.0. The molecule has 0 aliphatic carbocycles. The first-order valence-corrected chi connectivity index (χ1v) is 25.4. The quantitative estimate of drug-likeness (QED) is 0.114. The van der Waals surface area contributed by atoms with Gasteiger partial charge in [0.15, 0.2) is 0 Å². The number of imide groups is 1. The molecule has 0 saturated carbocycles. The van der Waals surface area contributed by atoms with Crippen molar-refractivity contribution in [2.24, 2.45) is 5.92 Å². The van der Waals surface area contributed by atoms with E-state index in [4.69, 9.17) is 4.74 Å². The Morgan fingerprint density at radius 1 is 0.897 bits per heavy atom. The van der Waals surface area contributed by atoms with E-state index >= 15 is 8.78 Å². The van der Waals surface area contributed by atoms with Gasteiger partial charge in [-0.25, -0.2) is 30.5 Å². The maximum Gasteiger partial charge on any atom is 0.236 e. The number of piperidine rings is 2. The third-order valence-electron chi connectivity index (χ3n) is 13.6. The number of carbonyl (C=O) groups excluding carboxylic acids is 3. The molecule has 3 N–H and O–H groups in total. The summed E-state index contributed by atoms with van der Waals surface area (Å²) in [5, 5.41) is 8.75. The highest BCUT2D eigenvalue weighted by Gasteiger charge is 2.37. The first-order chi connectivity index (χ1) is 32.6. The van der Waals surface area contributed by atoms with Crippen LogP contribution in [0.5, 0.6) is 5.75 Å². The number of hydrogen-bond donors (Lipinski definition) is 3. The van der Waals surface area contributed by atoms with Gasteiger partial charge in [-0.2, -0.15) is 4.98 Å². The molecule has 6 heterocycles. The predicted octanol–water partition coefficient (Wildman–Crippen LogP) is 6.64. The first kappa shape index (κ1) is 47.1. The first-order valence-electron chi connectivity index (χ1n) is 22.7. The van der Waals surface area contributed by atoms with E-state index in [1.54, 1.807) is 13.3 Å². The third kappa shape index (κ3) is 9.43. The fourth-order valence-corrected chi connectivity index (χ4v) is 11.2. The van der Waals surface area contributed by atoms with Crippen LogP contribution in [0.4, 0.5) is 47.7 Å². The molecule has 4 fully saturated rings. The number of methoxy groups -OCH3 is 1. The van der Waals surface area contributed by atoms with E-state index in [-0.39, 0.29) is 47.1 Å². The Hall–Kier alpha value is -5.93. The van der Waals surface area contributed by atoms with Crippen LogP contribution in [0.25, 0.3) is 10.9 Å². The number of ether oxygens (including phenoxy) is 1. The highest BCUT2D eigenvalue weighted by molar-refractivity contribution is 9.10. The molecule has 9 rings (SSSR count). The zero-order valence-electron chi connectivity index (χ0n) is 37.8. The number of fused-ring (bicyclic) bond motifs is 1. The Kier molecular flexibility index (Phi) is 13.3. The van der Waals surface area contributed by atoms with E-state index in [1.807, 2.05) is 21.9 Å². The van der Waals surface area contributed by atoms with Crippen LogP contribution in [0.3, 0.4) is 0 Å². The third-order valence-corrected chi connectivity index (χ3v) is 15.2. The molecule has 3 amide bonds. The van der Waals surface area contributed by atoms with Gasteiger partial charge < -0.3 is 30.1 Å². The molecule has 2 atom stereocenters. The molecular formula is C47H52BrF3N10O6S. The van der Waals surface area contributed by atoms with Crippen molar-refractivity contribution in [3.63, 3.8) is 0 Å². The Balaban J connectivity index is 0.794. The summed E-state index contributed by atoms with van der Waals surface area (Å²) in [4.78, 5) is 55.4. The lowest BCUT2D eigenvalue weighted by Crippen LogP contribution is -2.55. The van der Waals surface area contributed by atoms with Crippen molar-refractivity contribution in [3.8, 4) is 5.75 Å². The molecule has 0 bridgehead atoms. The van der Waals surface area contributed by atoms with Gasteiger partial charge in [0.2, 0.25) is 33.7 Å².